The van der Waals surface area contributed by atoms with Crippen LogP contribution in [0, 0.1) is 19.8 Å². The van der Waals surface area contributed by atoms with Crippen molar-refractivity contribution in [2.24, 2.45) is 10.9 Å². The van der Waals surface area contributed by atoms with E-state index in [1.165, 1.54) is 24.8 Å². The highest BCUT2D eigenvalue weighted by atomic mass is 16.5. The topological polar surface area (TPSA) is 49.8 Å². The number of pyridine rings is 1. The Morgan fingerprint density at radius 1 is 1.10 bits per heavy atom. The van der Waals surface area contributed by atoms with Crippen LogP contribution in [0.2, 0.25) is 0 Å². The molecule has 0 saturated heterocycles. The molecule has 1 aromatic heterocycles. The molecule has 5 heteroatoms. The van der Waals surface area contributed by atoms with Gasteiger partial charge in [0.2, 0.25) is 0 Å². The first-order valence-electron chi connectivity index (χ1n) is 15.4. The number of aliphatic imine (C=N–C) groups is 1. The molecule has 5 nitrogen and oxygen atoms in total. The number of nitrogens with zero attached hydrogens (tertiary/aromatic N) is 3. The molecule has 1 aliphatic heterocycles. The van der Waals surface area contributed by atoms with Crippen molar-refractivity contribution in [1.82, 2.24) is 4.98 Å². The third-order valence-electron chi connectivity index (χ3n) is 7.25. The monoisotopic (exact) mass is 554 g/mol. The maximum absolute atomic E-state index is 6.20. The van der Waals surface area contributed by atoms with Crippen LogP contribution in [0.5, 0.6) is 5.75 Å². The number of anilines is 2. The summed E-state index contributed by atoms with van der Waals surface area (Å²) in [7, 11) is 0. The molecule has 220 valence electrons. The number of hydrogen-bond acceptors (Lipinski definition) is 4. The molecule has 1 N–H and O–H groups in total. The molecule has 1 atom stereocenters. The van der Waals surface area contributed by atoms with Crippen LogP contribution in [0.15, 0.2) is 77.7 Å². The Balaban J connectivity index is 1.93. The van der Waals surface area contributed by atoms with Gasteiger partial charge in [-0.2, -0.15) is 0 Å². The van der Waals surface area contributed by atoms with Crippen molar-refractivity contribution in [3.8, 4) is 5.75 Å². The Bertz CT molecular complexity index is 1280. The molecule has 2 heterocycles. The summed E-state index contributed by atoms with van der Waals surface area (Å²) in [4.78, 5) is 12.7. The van der Waals surface area contributed by atoms with Gasteiger partial charge in [-0.25, -0.2) is 9.98 Å². The lowest BCUT2D eigenvalue weighted by molar-refractivity contribution is 0.440. The van der Waals surface area contributed by atoms with E-state index in [2.05, 4.69) is 76.0 Å². The maximum Gasteiger partial charge on any atom is 0.156 e. The molecular weight excluding hydrogens is 504 g/mol. The normalized spacial score (nSPS) is 16.6. The Labute approximate surface area is 248 Å². The predicted octanol–water partition coefficient (Wildman–Crippen LogP) is 9.47. The summed E-state index contributed by atoms with van der Waals surface area (Å²) in [6, 6.07) is 8.50. The quantitative estimate of drug-likeness (QED) is 0.123. The number of ether oxygens (including phenoxy) is 1. The van der Waals surface area contributed by atoms with Gasteiger partial charge in [-0.1, -0.05) is 64.5 Å². The lowest BCUT2D eigenvalue weighted by Crippen LogP contribution is -2.30. The highest BCUT2D eigenvalue weighted by Crippen LogP contribution is 2.30. The standard InChI is InChI=1S/C36H50N4O/c1-8-12-15-16-17-32(11-4)41-33-21-20-31(25-28(33)6)38-35(37-22-13-9-2)34-29(7)24-30-19-18-27(5)26-40(23-14-10-3)36(30)39-34/h11-13,15-17,20-22,24-25,27H,8-10,14,18-19,23,26H2,1-7H3,(H,37,38)/b15-12+,17-16-,22-13+,32-11+. The zero-order valence-electron chi connectivity index (χ0n) is 26.3. The van der Waals surface area contributed by atoms with Gasteiger partial charge in [0.05, 0.1) is 0 Å². The average molecular weight is 555 g/mol. The summed E-state index contributed by atoms with van der Waals surface area (Å²) in [5, 5.41) is 3.59. The molecule has 0 bridgehead atoms. The van der Waals surface area contributed by atoms with E-state index in [9.17, 15) is 0 Å². The van der Waals surface area contributed by atoms with Crippen molar-refractivity contribution in [3.05, 3.63) is 95.1 Å². The maximum atomic E-state index is 6.20. The highest BCUT2D eigenvalue weighted by molar-refractivity contribution is 6.08. The summed E-state index contributed by atoms with van der Waals surface area (Å²) in [6.07, 6.45) is 20.6. The van der Waals surface area contributed by atoms with Crippen molar-refractivity contribution in [3.63, 3.8) is 0 Å². The fourth-order valence-corrected chi connectivity index (χ4v) is 4.90. The van der Waals surface area contributed by atoms with E-state index < -0.39 is 0 Å². The Morgan fingerprint density at radius 3 is 2.61 bits per heavy atom. The average Bonchev–Trinajstić information content (AvgIpc) is 3.11. The molecule has 0 spiro atoms. The summed E-state index contributed by atoms with van der Waals surface area (Å²) in [5.41, 5.74) is 5.39. The number of allylic oxidation sites excluding steroid dienone is 6. The zero-order chi connectivity index (χ0) is 29.6. The fourth-order valence-electron chi connectivity index (χ4n) is 4.90. The Morgan fingerprint density at radius 2 is 1.90 bits per heavy atom. The number of aromatic nitrogens is 1. The molecule has 0 radical (unpaired) electrons. The van der Waals surface area contributed by atoms with Gasteiger partial charge in [-0.15, -0.1) is 0 Å². The molecule has 0 saturated carbocycles. The molecular formula is C36H50N4O. The first-order valence-corrected chi connectivity index (χ1v) is 15.4. The third-order valence-corrected chi connectivity index (χ3v) is 7.25. The Kier molecular flexibility index (Phi) is 12.9. The third kappa shape index (κ3) is 9.48. The molecule has 1 unspecified atom stereocenters. The van der Waals surface area contributed by atoms with Crippen LogP contribution in [0.1, 0.15) is 89.1 Å². The largest absolute Gasteiger partial charge is 0.457 e. The van der Waals surface area contributed by atoms with E-state index in [1.807, 2.05) is 49.6 Å². The van der Waals surface area contributed by atoms with Crippen LogP contribution < -0.4 is 15.0 Å². The summed E-state index contributed by atoms with van der Waals surface area (Å²) < 4.78 is 6.20. The molecule has 1 aliphatic rings. The van der Waals surface area contributed by atoms with Crippen molar-refractivity contribution in [1.29, 1.82) is 0 Å². The van der Waals surface area contributed by atoms with E-state index in [-0.39, 0.29) is 0 Å². The van der Waals surface area contributed by atoms with Crippen molar-refractivity contribution >= 4 is 17.3 Å². The molecule has 3 rings (SSSR count). The fraction of sp³-hybridized carbons (Fsp3) is 0.444. The van der Waals surface area contributed by atoms with Crippen LogP contribution >= 0.6 is 0 Å². The number of rotatable bonds is 12. The van der Waals surface area contributed by atoms with E-state index in [4.69, 9.17) is 14.7 Å². The van der Waals surface area contributed by atoms with Gasteiger partial charge in [-0.3, -0.25) is 0 Å². The Hall–Kier alpha value is -3.60. The highest BCUT2D eigenvalue weighted by Gasteiger charge is 2.23. The summed E-state index contributed by atoms with van der Waals surface area (Å²) >= 11 is 0. The van der Waals surface area contributed by atoms with Crippen LogP contribution in [-0.2, 0) is 6.42 Å². The van der Waals surface area contributed by atoms with Crippen LogP contribution in [0.4, 0.5) is 11.5 Å². The van der Waals surface area contributed by atoms with E-state index in [0.29, 0.717) is 5.92 Å². The van der Waals surface area contributed by atoms with Crippen molar-refractivity contribution < 1.29 is 4.74 Å². The zero-order valence-corrected chi connectivity index (χ0v) is 26.3. The van der Waals surface area contributed by atoms with Crippen molar-refractivity contribution in [2.45, 2.75) is 87.0 Å². The van der Waals surface area contributed by atoms with Gasteiger partial charge in [-0.05, 0) is 106 Å². The van der Waals surface area contributed by atoms with Gasteiger partial charge >= 0.3 is 0 Å². The van der Waals surface area contributed by atoms with Crippen LogP contribution in [0.3, 0.4) is 0 Å². The lowest BCUT2D eigenvalue weighted by atomic mass is 10.0. The van der Waals surface area contributed by atoms with Gasteiger partial charge in [0, 0.05) is 25.0 Å². The number of nitrogens with one attached hydrogen (secondary N) is 1. The van der Waals surface area contributed by atoms with Gasteiger partial charge in [0.15, 0.2) is 5.84 Å². The molecule has 1 aromatic carbocycles. The summed E-state index contributed by atoms with van der Waals surface area (Å²) in [5.74, 6) is 4.18. The minimum atomic E-state index is 0.652. The second kappa shape index (κ2) is 16.6. The van der Waals surface area contributed by atoms with Gasteiger partial charge < -0.3 is 15.0 Å². The second-order valence-electron chi connectivity index (χ2n) is 10.9. The number of benzene rings is 1. The predicted molar refractivity (Wildman–Crippen MR) is 177 cm³/mol. The summed E-state index contributed by atoms with van der Waals surface area (Å²) in [6.45, 7) is 17.2. The van der Waals surface area contributed by atoms with E-state index in [1.54, 1.807) is 0 Å². The number of aryl methyl sites for hydroxylation is 3. The number of unbranched alkanes of at least 4 members (excludes halogenated alkanes) is 1. The number of fused-ring (bicyclic) bond motifs is 1. The second-order valence-corrected chi connectivity index (χ2v) is 10.9. The van der Waals surface area contributed by atoms with Crippen LogP contribution in [0.25, 0.3) is 0 Å². The molecule has 0 fully saturated rings. The molecule has 41 heavy (non-hydrogen) atoms. The number of hydrogen-bond donors (Lipinski definition) is 1. The van der Waals surface area contributed by atoms with E-state index >= 15 is 0 Å². The van der Waals surface area contributed by atoms with Gasteiger partial charge in [0.25, 0.3) is 0 Å². The minimum Gasteiger partial charge on any atom is -0.457 e. The minimum absolute atomic E-state index is 0.652. The lowest BCUT2D eigenvalue weighted by Gasteiger charge is -2.26. The molecule has 2 aromatic rings. The first-order chi connectivity index (χ1) is 19.9. The van der Waals surface area contributed by atoms with Gasteiger partial charge in [0.1, 0.15) is 23.0 Å². The first kappa shape index (κ1) is 31.9. The van der Waals surface area contributed by atoms with Crippen molar-refractivity contribution in [2.75, 3.05) is 23.3 Å². The smallest absolute Gasteiger partial charge is 0.156 e. The SMILES string of the molecule is C\C=C(/C=C\C=C\CC)Oc1ccc(NC(=N/C=C/CC)c2nc3c(cc2C)CCC(C)CN3CCCC)cc1C. The molecule has 0 amide bonds. The van der Waals surface area contributed by atoms with E-state index in [0.717, 1.165) is 78.0 Å². The molecule has 0 aliphatic carbocycles. The number of amidine groups is 1. The van der Waals surface area contributed by atoms with Crippen LogP contribution in [-0.4, -0.2) is 23.9 Å².